The van der Waals surface area contributed by atoms with Gasteiger partial charge in [0.05, 0.1) is 38.6 Å². The third-order valence-corrected chi connectivity index (χ3v) is 0.348. The van der Waals surface area contributed by atoms with Crippen molar-refractivity contribution in [2.45, 2.75) is 13.8 Å². The van der Waals surface area contributed by atoms with E-state index in [2.05, 4.69) is 4.74 Å². The number of hydrogen-bond donors (Lipinski definition) is 0. The van der Waals surface area contributed by atoms with E-state index in [9.17, 15) is 4.79 Å². The van der Waals surface area contributed by atoms with Crippen LogP contribution in [0.25, 0.3) is 0 Å². The Morgan fingerprint density at radius 3 is 0.708 bits per heavy atom. The van der Waals surface area contributed by atoms with Crippen molar-refractivity contribution < 1.29 is 9.53 Å². The highest BCUT2D eigenvalue weighted by atomic mass is 35.5. The summed E-state index contributed by atoms with van der Waals surface area (Å²) in [6.45, 7) is 3.65. The normalized spacial score (nSPS) is 6.42. The standard InChI is InChI=1S/C4H8O2.6CH2Cl2/c1-3-6-4(2)5;6*2-1-3/h3H2,1-2H3;6*1H2. The third-order valence-electron chi connectivity index (χ3n) is 0.348. The first-order chi connectivity index (χ1) is 11.3. The molecule has 0 unspecified atom stereocenters. The molecule has 0 saturated heterocycles. The Balaban J connectivity index is -0.0000000289. The molecule has 0 aliphatic carbocycles. The zero-order valence-electron chi connectivity index (χ0n) is 12.8. The van der Waals surface area contributed by atoms with Gasteiger partial charge < -0.3 is 4.74 Å². The maximum atomic E-state index is 9.82. The molecule has 24 heavy (non-hydrogen) atoms. The highest BCUT2D eigenvalue weighted by Gasteiger charge is 1.81. The monoisotopic (exact) mass is 592 g/mol. The van der Waals surface area contributed by atoms with Gasteiger partial charge in [0, 0.05) is 6.92 Å². The second kappa shape index (κ2) is 83.0. The maximum Gasteiger partial charge on any atom is 0.302 e. The van der Waals surface area contributed by atoms with Crippen LogP contribution in [0.5, 0.6) is 0 Å². The van der Waals surface area contributed by atoms with Crippen LogP contribution in [0.1, 0.15) is 13.8 Å². The number of alkyl halides is 12. The predicted molar refractivity (Wildman–Crippen MR) is 122 cm³/mol. The smallest absolute Gasteiger partial charge is 0.302 e. The zero-order valence-corrected chi connectivity index (χ0v) is 21.9. The average Bonchev–Trinajstić information content (AvgIpc) is 2.43. The number of esters is 1. The van der Waals surface area contributed by atoms with E-state index in [0.717, 1.165) is 0 Å². The number of ether oxygens (including phenoxy) is 1. The van der Waals surface area contributed by atoms with Gasteiger partial charge in [-0.15, -0.1) is 139 Å². The fourth-order valence-electron chi connectivity index (χ4n) is 0.203. The van der Waals surface area contributed by atoms with Gasteiger partial charge in [0.2, 0.25) is 0 Å². The lowest BCUT2D eigenvalue weighted by Gasteiger charge is -1.89. The van der Waals surface area contributed by atoms with Crippen LogP contribution in [0.3, 0.4) is 0 Å². The van der Waals surface area contributed by atoms with Gasteiger partial charge in [-0.3, -0.25) is 4.79 Å². The lowest BCUT2D eigenvalue weighted by atomic mass is 10.8. The van der Waals surface area contributed by atoms with Crippen molar-refractivity contribution in [2.24, 2.45) is 0 Å². The fraction of sp³-hybridized carbons (Fsp3) is 0.900. The van der Waals surface area contributed by atoms with Crippen molar-refractivity contribution in [3.63, 3.8) is 0 Å². The van der Waals surface area contributed by atoms with Crippen molar-refractivity contribution in [1.29, 1.82) is 0 Å². The molecule has 0 N–H and O–H groups in total. The molecular weight excluding hydrogens is 578 g/mol. The molecule has 0 bridgehead atoms. The summed E-state index contributed by atoms with van der Waals surface area (Å²) in [4.78, 5) is 9.82. The Kier molecular flexibility index (Phi) is 158. The summed E-state index contributed by atoms with van der Waals surface area (Å²) >= 11 is 57.2. The Morgan fingerprint density at radius 1 is 0.583 bits per heavy atom. The molecule has 0 aromatic heterocycles. The fourth-order valence-corrected chi connectivity index (χ4v) is 0.203. The molecule has 14 heteroatoms. The summed E-state index contributed by atoms with van der Waals surface area (Å²) in [6, 6.07) is 0. The highest BCUT2D eigenvalue weighted by molar-refractivity contribution is 6.42. The van der Waals surface area contributed by atoms with E-state index >= 15 is 0 Å². The molecule has 0 heterocycles. The third kappa shape index (κ3) is 404. The van der Waals surface area contributed by atoms with Crippen molar-refractivity contribution >= 4 is 145 Å². The molecule has 2 nitrogen and oxygen atoms in total. The molecule has 0 fully saturated rings. The van der Waals surface area contributed by atoms with Gasteiger partial charge in [-0.25, -0.2) is 0 Å². The summed E-state index contributed by atoms with van der Waals surface area (Å²) < 4.78 is 4.40. The van der Waals surface area contributed by atoms with E-state index in [0.29, 0.717) is 6.61 Å². The van der Waals surface area contributed by atoms with Crippen molar-refractivity contribution in [3.8, 4) is 0 Å². The highest BCUT2D eigenvalue weighted by Crippen LogP contribution is 1.74. The molecule has 0 radical (unpaired) electrons. The van der Waals surface area contributed by atoms with E-state index in [1.54, 1.807) is 6.92 Å². The zero-order chi connectivity index (χ0) is 21.2. The van der Waals surface area contributed by atoms with Crippen LogP contribution in [-0.4, -0.2) is 44.6 Å². The number of hydrogen-bond acceptors (Lipinski definition) is 2. The molecule has 0 rings (SSSR count). The number of halogens is 12. The molecule has 0 aromatic carbocycles. The lowest BCUT2D eigenvalue weighted by molar-refractivity contribution is -0.140. The molecule has 0 atom stereocenters. The Hall–Kier alpha value is 2.95. The van der Waals surface area contributed by atoms with Gasteiger partial charge in [0.25, 0.3) is 0 Å². The molecule has 0 aliphatic rings. The van der Waals surface area contributed by atoms with E-state index in [-0.39, 0.29) is 38.0 Å². The average molecular weight is 598 g/mol. The summed E-state index contributed by atoms with van der Waals surface area (Å²) in [7, 11) is 0. The van der Waals surface area contributed by atoms with Crippen LogP contribution in [0.15, 0.2) is 0 Å². The van der Waals surface area contributed by atoms with Crippen LogP contribution >= 0.6 is 139 Å². The van der Waals surface area contributed by atoms with Crippen LogP contribution < -0.4 is 0 Å². The largest absolute Gasteiger partial charge is 0.466 e. The lowest BCUT2D eigenvalue weighted by Crippen LogP contribution is -1.95. The first kappa shape index (κ1) is 45.6. The maximum absolute atomic E-state index is 9.82. The van der Waals surface area contributed by atoms with Gasteiger partial charge >= 0.3 is 5.97 Å². The molecular formula is C10H20Cl12O2. The second-order valence-electron chi connectivity index (χ2n) is 1.53. The summed E-state index contributed by atoms with van der Waals surface area (Å²) in [5, 5.41) is 1.17. The summed E-state index contributed by atoms with van der Waals surface area (Å²) in [5.74, 6) is -0.211. The van der Waals surface area contributed by atoms with Crippen LogP contribution in [0, 0.1) is 0 Å². The van der Waals surface area contributed by atoms with Crippen LogP contribution in [0.2, 0.25) is 0 Å². The van der Waals surface area contributed by atoms with Crippen molar-refractivity contribution in [2.75, 3.05) is 38.6 Å². The summed E-state index contributed by atoms with van der Waals surface area (Å²) in [5.41, 5.74) is 0. The Morgan fingerprint density at radius 2 is 0.708 bits per heavy atom. The predicted octanol–water partition coefficient (Wildman–Crippen LogP) is 9.10. The Bertz CT molecular complexity index is 119. The molecule has 0 spiro atoms. The Labute approximate surface area is 205 Å². The van der Waals surface area contributed by atoms with E-state index in [1.165, 1.54) is 6.92 Å². The quantitative estimate of drug-likeness (QED) is 0.223. The van der Waals surface area contributed by atoms with Gasteiger partial charge in [-0.2, -0.15) is 0 Å². The molecule has 0 aliphatic heterocycles. The van der Waals surface area contributed by atoms with E-state index in [1.807, 2.05) is 0 Å². The van der Waals surface area contributed by atoms with Crippen LogP contribution in [0.4, 0.5) is 0 Å². The minimum absolute atomic E-state index is 0.194. The van der Waals surface area contributed by atoms with Crippen LogP contribution in [-0.2, 0) is 9.53 Å². The number of carbonyl (C=O) groups is 1. The molecule has 0 amide bonds. The molecule has 0 aromatic rings. The number of carbonyl (C=O) groups excluding carboxylic acids is 1. The SMILES string of the molecule is CCOC(C)=O.ClCCl.ClCCl.ClCCl.ClCCl.ClCCl.ClCCl. The first-order valence-electron chi connectivity index (χ1n) is 5.11. The van der Waals surface area contributed by atoms with Gasteiger partial charge in [-0.05, 0) is 6.92 Å². The minimum atomic E-state index is -0.211. The molecule has 0 saturated carbocycles. The molecule has 156 valence electrons. The van der Waals surface area contributed by atoms with Gasteiger partial charge in [0.15, 0.2) is 0 Å². The van der Waals surface area contributed by atoms with Crippen molar-refractivity contribution in [1.82, 2.24) is 0 Å². The van der Waals surface area contributed by atoms with Gasteiger partial charge in [-0.1, -0.05) is 0 Å². The minimum Gasteiger partial charge on any atom is -0.466 e. The van der Waals surface area contributed by atoms with Crippen molar-refractivity contribution in [3.05, 3.63) is 0 Å². The van der Waals surface area contributed by atoms with E-state index < -0.39 is 0 Å². The topological polar surface area (TPSA) is 26.3 Å². The first-order valence-corrected chi connectivity index (χ1v) is 11.5. The second-order valence-corrected chi connectivity index (χ2v) is 6.38. The van der Waals surface area contributed by atoms with Gasteiger partial charge in [0.1, 0.15) is 0 Å². The summed E-state index contributed by atoms with van der Waals surface area (Å²) in [6.07, 6.45) is 0. The van der Waals surface area contributed by atoms with E-state index in [4.69, 9.17) is 139 Å². The number of rotatable bonds is 1.